The van der Waals surface area contributed by atoms with Crippen LogP contribution in [-0.4, -0.2) is 32.6 Å². The van der Waals surface area contributed by atoms with Gasteiger partial charge in [-0.15, -0.1) is 0 Å². The fourth-order valence-corrected chi connectivity index (χ4v) is 2.32. The van der Waals surface area contributed by atoms with Gasteiger partial charge in [0.1, 0.15) is 5.60 Å². The Morgan fingerprint density at radius 1 is 1.29 bits per heavy atom. The van der Waals surface area contributed by atoms with Crippen LogP contribution >= 0.6 is 15.9 Å². The van der Waals surface area contributed by atoms with Crippen molar-refractivity contribution < 1.29 is 19.4 Å². The van der Waals surface area contributed by atoms with Gasteiger partial charge in [0.05, 0.1) is 16.6 Å². The van der Waals surface area contributed by atoms with Crippen molar-refractivity contribution in [2.75, 3.05) is 5.32 Å². The van der Waals surface area contributed by atoms with Gasteiger partial charge in [-0.3, -0.25) is 10.00 Å². The smallest absolute Gasteiger partial charge is 0.413 e. The third-order valence-electron chi connectivity index (χ3n) is 2.88. The molecular weight excluding hydrogens is 378 g/mol. The van der Waals surface area contributed by atoms with Crippen molar-refractivity contribution in [1.82, 2.24) is 9.78 Å². The molecule has 2 N–H and O–H groups in total. The third-order valence-corrected chi connectivity index (χ3v) is 3.46. The van der Waals surface area contributed by atoms with Crippen molar-refractivity contribution >= 4 is 33.8 Å². The van der Waals surface area contributed by atoms with E-state index in [1.165, 1.54) is 12.1 Å². The number of amides is 1. The van der Waals surface area contributed by atoms with Crippen LogP contribution in [0, 0.1) is 0 Å². The lowest BCUT2D eigenvalue weighted by atomic mass is 10.1. The summed E-state index contributed by atoms with van der Waals surface area (Å²) in [5.74, 6) is -0.612. The summed E-state index contributed by atoms with van der Waals surface area (Å²) in [6.07, 6.45) is 1.14. The number of rotatable bonds is 4. The van der Waals surface area contributed by atoms with Gasteiger partial charge >= 0.3 is 12.1 Å². The molecule has 0 unspecified atom stereocenters. The minimum Gasteiger partial charge on any atom is -0.478 e. The molecule has 2 rings (SSSR count). The average molecular weight is 396 g/mol. The highest BCUT2D eigenvalue weighted by atomic mass is 79.9. The van der Waals surface area contributed by atoms with Crippen LogP contribution in [0.4, 0.5) is 10.6 Å². The second-order valence-corrected chi connectivity index (χ2v) is 7.01. The number of aromatic carboxylic acids is 1. The van der Waals surface area contributed by atoms with Gasteiger partial charge in [0.2, 0.25) is 0 Å². The Kier molecular flexibility index (Phi) is 5.28. The lowest BCUT2D eigenvalue weighted by Crippen LogP contribution is -2.27. The van der Waals surface area contributed by atoms with Crippen molar-refractivity contribution in [3.8, 4) is 0 Å². The fraction of sp³-hybridized carbons (Fsp3) is 0.312. The molecule has 0 aliphatic carbocycles. The van der Waals surface area contributed by atoms with Gasteiger partial charge < -0.3 is 9.84 Å². The Morgan fingerprint density at radius 2 is 1.92 bits per heavy atom. The van der Waals surface area contributed by atoms with Crippen LogP contribution in [0.25, 0.3) is 0 Å². The number of hydrogen-bond donors (Lipinski definition) is 2. The van der Waals surface area contributed by atoms with Gasteiger partial charge in [0.15, 0.2) is 5.82 Å². The Hall–Kier alpha value is -2.35. The van der Waals surface area contributed by atoms with Crippen molar-refractivity contribution in [3.63, 3.8) is 0 Å². The van der Waals surface area contributed by atoms with Gasteiger partial charge in [-0.25, -0.2) is 9.59 Å². The number of carboxylic acid groups (broad SMARTS) is 1. The number of hydrogen-bond acceptors (Lipinski definition) is 4. The summed E-state index contributed by atoms with van der Waals surface area (Å²) in [5, 5.41) is 15.7. The van der Waals surface area contributed by atoms with Gasteiger partial charge in [0, 0.05) is 6.20 Å². The number of carbonyl (C=O) groups is 2. The van der Waals surface area contributed by atoms with E-state index >= 15 is 0 Å². The molecule has 128 valence electrons. The lowest BCUT2D eigenvalue weighted by Gasteiger charge is -2.19. The lowest BCUT2D eigenvalue weighted by molar-refractivity contribution is 0.0633. The van der Waals surface area contributed by atoms with Crippen LogP contribution in [0.3, 0.4) is 0 Å². The maximum atomic E-state index is 11.8. The maximum Gasteiger partial charge on any atom is 0.413 e. The molecule has 2 aromatic rings. The molecule has 0 aliphatic rings. The van der Waals surface area contributed by atoms with E-state index < -0.39 is 17.7 Å². The topological polar surface area (TPSA) is 93.5 Å². The molecular formula is C16H18BrN3O4. The molecule has 0 atom stereocenters. The van der Waals surface area contributed by atoms with Crippen LogP contribution in [-0.2, 0) is 11.3 Å². The maximum absolute atomic E-state index is 11.8. The number of anilines is 1. The highest BCUT2D eigenvalue weighted by Crippen LogP contribution is 2.21. The van der Waals surface area contributed by atoms with E-state index in [-0.39, 0.29) is 5.56 Å². The standard InChI is InChI=1S/C16H18BrN3O4/c1-16(2,3)24-15(23)18-13-12(17)9-20(19-13)8-10-4-6-11(7-5-10)14(21)22/h4-7,9H,8H2,1-3H3,(H,21,22)(H,18,19,23). The average Bonchev–Trinajstić information content (AvgIpc) is 2.77. The summed E-state index contributed by atoms with van der Waals surface area (Å²) in [6, 6.07) is 6.52. The van der Waals surface area contributed by atoms with Crippen molar-refractivity contribution in [1.29, 1.82) is 0 Å². The number of carboxylic acids is 1. The number of nitrogens with zero attached hydrogens (tertiary/aromatic N) is 2. The Bertz CT molecular complexity index is 748. The number of aromatic nitrogens is 2. The molecule has 0 aliphatic heterocycles. The zero-order chi connectivity index (χ0) is 17.9. The van der Waals surface area contributed by atoms with Gasteiger partial charge in [-0.05, 0) is 54.4 Å². The zero-order valence-electron chi connectivity index (χ0n) is 13.5. The molecule has 0 saturated heterocycles. The fourth-order valence-electron chi connectivity index (χ4n) is 1.90. The molecule has 24 heavy (non-hydrogen) atoms. The van der Waals surface area contributed by atoms with Crippen LogP contribution < -0.4 is 5.32 Å². The Balaban J connectivity index is 2.05. The highest BCUT2D eigenvalue weighted by molar-refractivity contribution is 9.10. The summed E-state index contributed by atoms with van der Waals surface area (Å²) in [7, 11) is 0. The second kappa shape index (κ2) is 7.04. The summed E-state index contributed by atoms with van der Waals surface area (Å²) >= 11 is 3.34. The van der Waals surface area contributed by atoms with E-state index in [1.807, 2.05) is 0 Å². The van der Waals surface area contributed by atoms with Crippen LogP contribution in [0.15, 0.2) is 34.9 Å². The van der Waals surface area contributed by atoms with Crippen LogP contribution in [0.5, 0.6) is 0 Å². The van der Waals surface area contributed by atoms with Gasteiger partial charge in [-0.2, -0.15) is 5.10 Å². The number of carbonyl (C=O) groups excluding carboxylic acids is 1. The molecule has 0 spiro atoms. The number of nitrogens with one attached hydrogen (secondary N) is 1. The van der Waals surface area contributed by atoms with Gasteiger partial charge in [-0.1, -0.05) is 12.1 Å². The molecule has 1 heterocycles. The molecule has 1 amide bonds. The van der Waals surface area contributed by atoms with Crippen molar-refractivity contribution in [3.05, 3.63) is 46.1 Å². The monoisotopic (exact) mass is 395 g/mol. The van der Waals surface area contributed by atoms with Crippen molar-refractivity contribution in [2.45, 2.75) is 32.9 Å². The first-order chi connectivity index (χ1) is 11.1. The zero-order valence-corrected chi connectivity index (χ0v) is 15.1. The summed E-state index contributed by atoms with van der Waals surface area (Å²) in [4.78, 5) is 22.6. The molecule has 0 radical (unpaired) electrons. The minimum absolute atomic E-state index is 0.229. The van der Waals surface area contributed by atoms with Crippen LogP contribution in [0.1, 0.15) is 36.7 Å². The van der Waals surface area contributed by atoms with Crippen molar-refractivity contribution in [2.24, 2.45) is 0 Å². The molecule has 8 heteroatoms. The molecule has 0 fully saturated rings. The second-order valence-electron chi connectivity index (χ2n) is 6.15. The van der Waals surface area contributed by atoms with E-state index in [4.69, 9.17) is 9.84 Å². The number of ether oxygens (including phenoxy) is 1. The van der Waals surface area contributed by atoms with E-state index in [9.17, 15) is 9.59 Å². The summed E-state index contributed by atoms with van der Waals surface area (Å²) in [6.45, 7) is 5.78. The third kappa shape index (κ3) is 5.09. The minimum atomic E-state index is -0.966. The first-order valence-corrected chi connectivity index (χ1v) is 7.98. The SMILES string of the molecule is CC(C)(C)OC(=O)Nc1nn(Cc2ccc(C(=O)O)cc2)cc1Br. The quantitative estimate of drug-likeness (QED) is 0.821. The predicted molar refractivity (Wildman–Crippen MR) is 92.3 cm³/mol. The molecule has 1 aromatic heterocycles. The van der Waals surface area contributed by atoms with Crippen LogP contribution in [0.2, 0.25) is 0 Å². The number of benzene rings is 1. The molecule has 0 bridgehead atoms. The first kappa shape index (κ1) is 18.0. The Labute approximate surface area is 147 Å². The predicted octanol–water partition coefficient (Wildman–Crippen LogP) is 3.74. The van der Waals surface area contributed by atoms with E-state index in [0.29, 0.717) is 16.8 Å². The summed E-state index contributed by atoms with van der Waals surface area (Å²) in [5.41, 5.74) is 0.525. The van der Waals surface area contributed by atoms with E-state index in [0.717, 1.165) is 5.56 Å². The highest BCUT2D eigenvalue weighted by Gasteiger charge is 2.18. The summed E-state index contributed by atoms with van der Waals surface area (Å²) < 4.78 is 7.44. The molecule has 7 nitrogen and oxygen atoms in total. The Morgan fingerprint density at radius 3 is 2.46 bits per heavy atom. The van der Waals surface area contributed by atoms with Gasteiger partial charge in [0.25, 0.3) is 0 Å². The molecule has 0 saturated carbocycles. The molecule has 1 aromatic carbocycles. The largest absolute Gasteiger partial charge is 0.478 e. The van der Waals surface area contributed by atoms with E-state index in [1.54, 1.807) is 43.8 Å². The normalized spacial score (nSPS) is 11.2. The number of halogens is 1. The first-order valence-electron chi connectivity index (χ1n) is 7.19. The van der Waals surface area contributed by atoms with E-state index in [2.05, 4.69) is 26.3 Å².